The first-order chi connectivity index (χ1) is 18.9. The number of nitrogens with two attached hydrogens (primary N) is 1. The Morgan fingerprint density at radius 1 is 0.927 bits per heavy atom. The molecule has 14 heteroatoms. The van der Waals surface area contributed by atoms with E-state index in [0.717, 1.165) is 30.3 Å². The molecule has 2 aromatic carbocycles. The van der Waals surface area contributed by atoms with E-state index in [0.29, 0.717) is 25.0 Å². The third-order valence-corrected chi connectivity index (χ3v) is 11.4. The van der Waals surface area contributed by atoms with Crippen molar-refractivity contribution >= 4 is 15.7 Å². The molecule has 2 aromatic rings. The van der Waals surface area contributed by atoms with Gasteiger partial charge in [0.05, 0.1) is 4.90 Å². The molecule has 0 radical (unpaired) electrons. The van der Waals surface area contributed by atoms with Crippen molar-refractivity contribution in [2.75, 3.05) is 0 Å². The summed E-state index contributed by atoms with van der Waals surface area (Å²) in [4.78, 5) is 13.0. The number of hydrogen-bond donors (Lipinski definition) is 2. The van der Waals surface area contributed by atoms with Crippen molar-refractivity contribution in [3.05, 3.63) is 65.0 Å². The summed E-state index contributed by atoms with van der Waals surface area (Å²) >= 11 is 0. The van der Waals surface area contributed by atoms with Crippen molar-refractivity contribution in [1.82, 2.24) is 5.32 Å². The van der Waals surface area contributed by atoms with Crippen LogP contribution < -0.4 is 11.1 Å². The average Bonchev–Trinajstić information content (AvgIpc) is 3.28. The number of rotatable bonds is 5. The fraction of sp³-hybridized carbons (Fsp3) is 0.519. The smallest absolute Gasteiger partial charge is 0.353 e. The van der Waals surface area contributed by atoms with E-state index in [1.165, 1.54) is 0 Å². The van der Waals surface area contributed by atoms with Gasteiger partial charge in [0.1, 0.15) is 10.6 Å². The van der Waals surface area contributed by atoms with Crippen LogP contribution in [0.25, 0.3) is 0 Å². The zero-order valence-corrected chi connectivity index (χ0v) is 22.1. The van der Waals surface area contributed by atoms with Gasteiger partial charge in [0.25, 0.3) is 0 Å². The van der Waals surface area contributed by atoms with E-state index in [9.17, 15) is 48.3 Å². The highest BCUT2D eigenvalue weighted by Crippen LogP contribution is 2.60. The quantitative estimate of drug-likeness (QED) is 0.353. The van der Waals surface area contributed by atoms with E-state index in [-0.39, 0.29) is 53.8 Å². The van der Waals surface area contributed by atoms with Crippen LogP contribution in [-0.4, -0.2) is 38.8 Å². The predicted molar refractivity (Wildman–Crippen MR) is 130 cm³/mol. The van der Waals surface area contributed by atoms with Gasteiger partial charge in [-0.2, -0.15) is 26.3 Å². The van der Waals surface area contributed by atoms with Crippen LogP contribution in [0.4, 0.5) is 35.1 Å². The van der Waals surface area contributed by atoms with Crippen molar-refractivity contribution < 1.29 is 48.3 Å². The molecule has 0 bridgehead atoms. The first kappa shape index (κ1) is 29.7. The molecular formula is C27H26F8N2O3S. The first-order valence-corrected chi connectivity index (χ1v) is 14.4. The number of nitrogens with one attached hydrogen (secondary N) is 1. The van der Waals surface area contributed by atoms with Gasteiger partial charge in [-0.25, -0.2) is 17.2 Å². The van der Waals surface area contributed by atoms with Crippen LogP contribution in [0.1, 0.15) is 48.8 Å². The molecule has 41 heavy (non-hydrogen) atoms. The lowest BCUT2D eigenvalue weighted by Crippen LogP contribution is -2.53. The fourth-order valence-corrected chi connectivity index (χ4v) is 9.25. The second kappa shape index (κ2) is 9.65. The monoisotopic (exact) mass is 610 g/mol. The Hall–Kier alpha value is -2.74. The van der Waals surface area contributed by atoms with Gasteiger partial charge in [-0.1, -0.05) is 18.2 Å². The van der Waals surface area contributed by atoms with Crippen LogP contribution in [0.3, 0.4) is 0 Å². The molecule has 0 spiro atoms. The molecule has 2 fully saturated rings. The summed E-state index contributed by atoms with van der Waals surface area (Å²) in [7, 11) is -4.50. The van der Waals surface area contributed by atoms with Gasteiger partial charge in [-0.15, -0.1) is 0 Å². The minimum Gasteiger partial charge on any atom is -0.353 e. The minimum atomic E-state index is -6.34. The molecular weight excluding hydrogens is 584 g/mol. The molecule has 5 rings (SSSR count). The summed E-state index contributed by atoms with van der Waals surface area (Å²) in [5.74, 6) is -2.88. The molecule has 0 aromatic heterocycles. The maximum Gasteiger partial charge on any atom is 0.435 e. The molecule has 0 aliphatic heterocycles. The van der Waals surface area contributed by atoms with E-state index < -0.39 is 61.7 Å². The van der Waals surface area contributed by atoms with Crippen molar-refractivity contribution in [1.29, 1.82) is 0 Å². The van der Waals surface area contributed by atoms with Crippen LogP contribution in [0.15, 0.2) is 47.4 Å². The average molecular weight is 611 g/mol. The summed E-state index contributed by atoms with van der Waals surface area (Å²) in [6.07, 6.45) is -12.0. The second-order valence-electron chi connectivity index (χ2n) is 11.1. The standard InChI is InChI=1S/C27H26F8N2O3S/c28-16-3-5-19(6-4-16)41(39,40)24-10-9-20(23(38)37-18-12-17(36)13-18)22(24)7-1-14-11-15(2-8-21(14)24)25(29,26(30,31)32)27(33,34)35/h2-6,8,11,17-18,20,22H,1,7,9-10,12-13,36H2,(H,37,38)/t17-,18-,20-,22+,24-/m1/s1. The molecule has 0 unspecified atom stereocenters. The largest absolute Gasteiger partial charge is 0.435 e. The molecule has 2 saturated carbocycles. The summed E-state index contributed by atoms with van der Waals surface area (Å²) in [6.45, 7) is 0. The van der Waals surface area contributed by atoms with E-state index in [4.69, 9.17) is 5.73 Å². The lowest BCUT2D eigenvalue weighted by atomic mass is 9.72. The van der Waals surface area contributed by atoms with Gasteiger partial charge in [0, 0.05) is 23.6 Å². The highest BCUT2D eigenvalue weighted by molar-refractivity contribution is 7.92. The Balaban J connectivity index is 1.64. The van der Waals surface area contributed by atoms with Crippen molar-refractivity contribution in [2.45, 2.75) is 78.3 Å². The Labute approximate surface area is 230 Å². The van der Waals surface area contributed by atoms with Gasteiger partial charge < -0.3 is 11.1 Å². The number of halogens is 8. The summed E-state index contributed by atoms with van der Waals surface area (Å²) < 4.78 is 136. The number of benzene rings is 2. The van der Waals surface area contributed by atoms with Crippen molar-refractivity contribution in [3.8, 4) is 0 Å². The second-order valence-corrected chi connectivity index (χ2v) is 13.3. The molecule has 0 saturated heterocycles. The van der Waals surface area contributed by atoms with Crippen LogP contribution >= 0.6 is 0 Å². The predicted octanol–water partition coefficient (Wildman–Crippen LogP) is 5.36. The van der Waals surface area contributed by atoms with Crippen molar-refractivity contribution in [3.63, 3.8) is 0 Å². The summed E-state index contributed by atoms with van der Waals surface area (Å²) in [5.41, 5.74) is -1.89. The lowest BCUT2D eigenvalue weighted by Gasteiger charge is -2.43. The maximum absolute atomic E-state index is 14.9. The summed E-state index contributed by atoms with van der Waals surface area (Å²) in [6, 6.07) is 5.13. The topological polar surface area (TPSA) is 89.3 Å². The van der Waals surface area contributed by atoms with E-state index in [1.54, 1.807) is 0 Å². The number of carbonyl (C=O) groups is 1. The van der Waals surface area contributed by atoms with Crippen LogP contribution in [0.5, 0.6) is 0 Å². The van der Waals surface area contributed by atoms with Crippen LogP contribution in [0, 0.1) is 17.7 Å². The van der Waals surface area contributed by atoms with Gasteiger partial charge in [0.2, 0.25) is 5.91 Å². The lowest BCUT2D eigenvalue weighted by molar-refractivity contribution is -0.348. The molecule has 3 aliphatic carbocycles. The van der Waals surface area contributed by atoms with E-state index in [2.05, 4.69) is 5.32 Å². The van der Waals surface area contributed by atoms with E-state index >= 15 is 0 Å². The maximum atomic E-state index is 14.9. The highest BCUT2D eigenvalue weighted by atomic mass is 32.2. The first-order valence-electron chi connectivity index (χ1n) is 13.0. The van der Waals surface area contributed by atoms with Gasteiger partial charge in [0.15, 0.2) is 9.84 Å². The zero-order valence-electron chi connectivity index (χ0n) is 21.3. The number of aryl methyl sites for hydroxylation is 1. The normalized spacial score (nSPS) is 28.4. The highest BCUT2D eigenvalue weighted by Gasteiger charge is 2.74. The van der Waals surface area contributed by atoms with E-state index in [1.807, 2.05) is 0 Å². The molecule has 3 aliphatic rings. The van der Waals surface area contributed by atoms with Gasteiger partial charge in [-0.3, -0.25) is 4.79 Å². The van der Waals surface area contributed by atoms with Crippen LogP contribution in [0.2, 0.25) is 0 Å². The Morgan fingerprint density at radius 2 is 1.54 bits per heavy atom. The third-order valence-electron chi connectivity index (χ3n) is 8.84. The van der Waals surface area contributed by atoms with Gasteiger partial charge in [-0.05, 0) is 79.8 Å². The zero-order chi connectivity index (χ0) is 30.2. The summed E-state index contributed by atoms with van der Waals surface area (Å²) in [5, 5.41) is 2.86. The van der Waals surface area contributed by atoms with Crippen LogP contribution in [-0.2, 0) is 31.5 Å². The fourth-order valence-electron chi connectivity index (χ4n) is 6.78. The van der Waals surface area contributed by atoms with Gasteiger partial charge >= 0.3 is 18.0 Å². The number of sulfone groups is 1. The SMILES string of the molecule is N[C@H]1C[C@H](NC(=O)[C@@H]2CC[C@@]3(S(=O)(=O)c4ccc(F)cc4)c4ccc(C(F)(C(F)(F)F)C(F)(F)F)cc4CC[C@@H]23)C1. The third kappa shape index (κ3) is 4.43. The Morgan fingerprint density at radius 3 is 2.10 bits per heavy atom. The Bertz CT molecular complexity index is 1440. The number of hydrogen-bond acceptors (Lipinski definition) is 4. The van der Waals surface area contributed by atoms with Crippen molar-refractivity contribution in [2.24, 2.45) is 17.6 Å². The molecule has 1 amide bonds. The molecule has 224 valence electrons. The molecule has 3 atom stereocenters. The molecule has 3 N–H and O–H groups in total. The molecule has 5 nitrogen and oxygen atoms in total. The number of amides is 1. The number of fused-ring (bicyclic) bond motifs is 3. The minimum absolute atomic E-state index is 0.0645. The number of alkyl halides is 7. The number of carbonyl (C=O) groups excluding carboxylic acids is 1. The Kier molecular flexibility index (Phi) is 7.00. The molecule has 0 heterocycles.